The third-order valence-corrected chi connectivity index (χ3v) is 11.3. The summed E-state index contributed by atoms with van der Waals surface area (Å²) < 4.78 is 6.51. The Kier molecular flexibility index (Phi) is 4.99. The van der Waals surface area contributed by atoms with Gasteiger partial charge in [0.2, 0.25) is 0 Å². The van der Waals surface area contributed by atoms with Gasteiger partial charge >= 0.3 is 0 Å². The normalized spacial score (nSPS) is 54.3. The maximum atomic E-state index is 10.4. The highest BCUT2D eigenvalue weighted by molar-refractivity contribution is 5.24. The first-order valence-electron chi connectivity index (χ1n) is 13.1. The molecule has 0 amide bonds. The van der Waals surface area contributed by atoms with Crippen LogP contribution in [-0.2, 0) is 4.74 Å². The molecule has 166 valence electrons. The first kappa shape index (κ1) is 20.8. The summed E-state index contributed by atoms with van der Waals surface area (Å²) in [7, 11) is 0. The van der Waals surface area contributed by atoms with Crippen molar-refractivity contribution in [3.63, 3.8) is 0 Å². The molecule has 0 radical (unpaired) electrons. The number of ether oxygens (including phenoxy) is 1. The van der Waals surface area contributed by atoms with Crippen LogP contribution in [0.1, 0.15) is 105 Å². The summed E-state index contributed by atoms with van der Waals surface area (Å²) in [5, 5.41) is 10.4. The van der Waals surface area contributed by atoms with Crippen molar-refractivity contribution < 1.29 is 9.84 Å². The molecule has 5 rings (SSSR count). The zero-order valence-corrected chi connectivity index (χ0v) is 19.8. The monoisotopic (exact) mass is 402 g/mol. The first-order valence-corrected chi connectivity index (χ1v) is 13.1. The summed E-state index contributed by atoms with van der Waals surface area (Å²) in [6.45, 7) is 12.6. The van der Waals surface area contributed by atoms with Crippen molar-refractivity contribution in [1.82, 2.24) is 0 Å². The Labute approximate surface area is 179 Å². The predicted molar refractivity (Wildman–Crippen MR) is 119 cm³/mol. The maximum Gasteiger partial charge on any atom is 0.103 e. The summed E-state index contributed by atoms with van der Waals surface area (Å²) in [5.41, 5.74) is 0.932. The van der Waals surface area contributed by atoms with Crippen LogP contribution in [0.3, 0.4) is 0 Å². The van der Waals surface area contributed by atoms with Crippen molar-refractivity contribution in [3.8, 4) is 0 Å². The predicted octanol–water partition coefficient (Wildman–Crippen LogP) is 6.60. The first-order chi connectivity index (χ1) is 13.7. The largest absolute Gasteiger partial charge is 0.393 e. The van der Waals surface area contributed by atoms with Crippen molar-refractivity contribution in [2.24, 2.45) is 46.3 Å². The zero-order chi connectivity index (χ0) is 20.6. The van der Waals surface area contributed by atoms with Crippen LogP contribution in [0.4, 0.5) is 0 Å². The van der Waals surface area contributed by atoms with E-state index in [9.17, 15) is 5.11 Å². The van der Waals surface area contributed by atoms with Gasteiger partial charge in [-0.1, -0.05) is 53.9 Å². The lowest BCUT2D eigenvalue weighted by Crippen LogP contribution is -2.58. The van der Waals surface area contributed by atoms with E-state index in [0.717, 1.165) is 48.3 Å². The Morgan fingerprint density at radius 3 is 2.52 bits per heavy atom. The Hall–Kier alpha value is -0.0800. The maximum absolute atomic E-state index is 10.4. The number of epoxide rings is 1. The lowest BCUT2D eigenvalue weighted by molar-refractivity contribution is -0.116. The van der Waals surface area contributed by atoms with Gasteiger partial charge in [-0.25, -0.2) is 0 Å². The number of aliphatic hydroxyl groups is 1. The Morgan fingerprint density at radius 2 is 1.76 bits per heavy atom. The van der Waals surface area contributed by atoms with Gasteiger partial charge in [0.25, 0.3) is 0 Å². The van der Waals surface area contributed by atoms with Gasteiger partial charge in [0.05, 0.1) is 12.2 Å². The van der Waals surface area contributed by atoms with Crippen LogP contribution in [0.15, 0.2) is 0 Å². The highest BCUT2D eigenvalue weighted by Gasteiger charge is 2.76. The fraction of sp³-hybridized carbons (Fsp3) is 1.00. The van der Waals surface area contributed by atoms with Crippen LogP contribution >= 0.6 is 0 Å². The van der Waals surface area contributed by atoms with E-state index in [0.29, 0.717) is 16.9 Å². The molecule has 10 atom stereocenters. The van der Waals surface area contributed by atoms with Gasteiger partial charge in [0, 0.05) is 11.8 Å². The second-order valence-corrected chi connectivity index (χ2v) is 13.0. The van der Waals surface area contributed by atoms with E-state index in [2.05, 4.69) is 34.6 Å². The zero-order valence-electron chi connectivity index (χ0n) is 19.8. The number of hydrogen-bond acceptors (Lipinski definition) is 2. The van der Waals surface area contributed by atoms with E-state index in [1.807, 2.05) is 0 Å². The molecule has 4 aliphatic carbocycles. The molecular weight excluding hydrogens is 356 g/mol. The molecular formula is C27H46O2. The van der Waals surface area contributed by atoms with Crippen molar-refractivity contribution in [1.29, 1.82) is 0 Å². The fourth-order valence-corrected chi connectivity index (χ4v) is 9.68. The summed E-state index contributed by atoms with van der Waals surface area (Å²) >= 11 is 0. The van der Waals surface area contributed by atoms with E-state index in [1.165, 1.54) is 57.8 Å². The van der Waals surface area contributed by atoms with Gasteiger partial charge in [0.15, 0.2) is 0 Å². The number of aliphatic hydroxyl groups excluding tert-OH is 1. The summed E-state index contributed by atoms with van der Waals surface area (Å²) in [6, 6.07) is 0. The highest BCUT2D eigenvalue weighted by Crippen LogP contribution is 2.74. The second-order valence-electron chi connectivity index (χ2n) is 13.0. The molecule has 5 aliphatic rings. The lowest BCUT2D eigenvalue weighted by Gasteiger charge is -2.59. The topological polar surface area (TPSA) is 32.8 Å². The standard InChI is InChI=1S/C27H46O2/c1-17(2)7-6-8-18(3)21-9-10-22-20-15-24-27(29-24)16-19(28)11-14-26(27,5)23(20)12-13-25(21,22)4/h17-24,28H,6-16H2,1-5H3/t18?,19-,20-,21+,22-,23-,24-,25+,26+,27-/m0/s1. The number of fused-ring (bicyclic) bond motifs is 4. The van der Waals surface area contributed by atoms with Gasteiger partial charge in [-0.05, 0) is 85.9 Å². The molecule has 1 saturated heterocycles. The van der Waals surface area contributed by atoms with Gasteiger partial charge in [-0.15, -0.1) is 0 Å². The fourth-order valence-electron chi connectivity index (χ4n) is 9.68. The smallest absolute Gasteiger partial charge is 0.103 e. The third kappa shape index (κ3) is 2.94. The number of hydrogen-bond donors (Lipinski definition) is 1. The Bertz CT molecular complexity index is 630. The molecule has 2 heteroatoms. The van der Waals surface area contributed by atoms with Crippen LogP contribution in [0.25, 0.3) is 0 Å². The van der Waals surface area contributed by atoms with Crippen molar-refractivity contribution in [2.45, 2.75) is 123 Å². The average molecular weight is 403 g/mol. The molecule has 0 aromatic rings. The number of rotatable bonds is 5. The van der Waals surface area contributed by atoms with E-state index in [-0.39, 0.29) is 11.7 Å². The van der Waals surface area contributed by atoms with Crippen LogP contribution < -0.4 is 0 Å². The van der Waals surface area contributed by atoms with Gasteiger partial charge in [-0.3, -0.25) is 0 Å². The molecule has 1 N–H and O–H groups in total. The molecule has 1 spiro atoms. The molecule has 0 bridgehead atoms. The molecule has 2 nitrogen and oxygen atoms in total. The Balaban J connectivity index is 1.33. The minimum atomic E-state index is -0.124. The molecule has 5 fully saturated rings. The Morgan fingerprint density at radius 1 is 0.966 bits per heavy atom. The molecule has 0 aromatic heterocycles. The van der Waals surface area contributed by atoms with Crippen molar-refractivity contribution >= 4 is 0 Å². The quantitative estimate of drug-likeness (QED) is 0.525. The molecule has 1 heterocycles. The minimum Gasteiger partial charge on any atom is -0.393 e. The molecule has 4 saturated carbocycles. The summed E-state index contributed by atoms with van der Waals surface area (Å²) in [4.78, 5) is 0. The van der Waals surface area contributed by atoms with Gasteiger partial charge in [-0.2, -0.15) is 0 Å². The third-order valence-electron chi connectivity index (χ3n) is 11.3. The summed E-state index contributed by atoms with van der Waals surface area (Å²) in [5.74, 6) is 5.31. The molecule has 29 heavy (non-hydrogen) atoms. The van der Waals surface area contributed by atoms with Crippen LogP contribution in [-0.4, -0.2) is 22.9 Å². The average Bonchev–Trinajstić information content (AvgIpc) is 3.22. The van der Waals surface area contributed by atoms with E-state index >= 15 is 0 Å². The minimum absolute atomic E-state index is 0.0434. The van der Waals surface area contributed by atoms with Crippen LogP contribution in [0, 0.1) is 46.3 Å². The highest BCUT2D eigenvalue weighted by atomic mass is 16.6. The lowest BCUT2D eigenvalue weighted by atomic mass is 9.44. The van der Waals surface area contributed by atoms with E-state index in [1.54, 1.807) is 0 Å². The summed E-state index contributed by atoms with van der Waals surface area (Å²) in [6.07, 6.45) is 14.8. The SMILES string of the molecule is CC(C)CCCC(C)[C@H]1CC[C@H]2[C@@H]3C[C@@H]4O[C@@]45C[C@@H](O)CC[C@]5(C)[C@H]3CC[C@]12C. The van der Waals surface area contributed by atoms with Gasteiger partial charge in [0.1, 0.15) is 5.60 Å². The molecule has 1 unspecified atom stereocenters. The molecule has 0 aromatic carbocycles. The van der Waals surface area contributed by atoms with Crippen molar-refractivity contribution in [3.05, 3.63) is 0 Å². The van der Waals surface area contributed by atoms with Crippen molar-refractivity contribution in [2.75, 3.05) is 0 Å². The van der Waals surface area contributed by atoms with Crippen LogP contribution in [0.2, 0.25) is 0 Å². The second kappa shape index (κ2) is 6.96. The van der Waals surface area contributed by atoms with Gasteiger partial charge < -0.3 is 9.84 Å². The van der Waals surface area contributed by atoms with E-state index < -0.39 is 0 Å². The van der Waals surface area contributed by atoms with Crippen LogP contribution in [0.5, 0.6) is 0 Å². The molecule has 1 aliphatic heterocycles. The van der Waals surface area contributed by atoms with E-state index in [4.69, 9.17) is 4.74 Å².